The van der Waals surface area contributed by atoms with Crippen LogP contribution in [0.2, 0.25) is 0 Å². The van der Waals surface area contributed by atoms with E-state index in [9.17, 15) is 86.9 Å². The van der Waals surface area contributed by atoms with Gasteiger partial charge in [-0.3, -0.25) is 87.0 Å². The lowest BCUT2D eigenvalue weighted by Gasteiger charge is -2.32. The number of nitrogens with two attached hydrogens (primary N) is 3. The first kappa shape index (κ1) is 107. The predicted molar refractivity (Wildman–Crippen MR) is 497 cm³/mol. The molecule has 0 saturated carbocycles. The molecule has 16 amide bonds. The van der Waals surface area contributed by atoms with Gasteiger partial charge in [-0.25, -0.2) is 4.98 Å². The van der Waals surface area contributed by atoms with E-state index in [-0.39, 0.29) is 82.2 Å². The van der Waals surface area contributed by atoms with Crippen molar-refractivity contribution in [3.8, 4) is 0 Å². The Hall–Kier alpha value is -13.0. The van der Waals surface area contributed by atoms with Crippen molar-refractivity contribution < 1.29 is 86.9 Å². The van der Waals surface area contributed by atoms with Crippen LogP contribution in [0.1, 0.15) is 141 Å². The number of benzene rings is 3. The third-order valence-electron chi connectivity index (χ3n) is 23.6. The Kier molecular flexibility index (Phi) is 43.0. The Balaban J connectivity index is 1.03. The summed E-state index contributed by atoms with van der Waals surface area (Å²) in [5, 5.41) is 59.0. The SMILES string of the molecule is CCCC[C@@H](C)N(C)C(=O)[C@H](Cc1c[nH]c2ccccc12)NC(=O)[C@H](CO)NC(=O)[C@H](Cc1c[nH]c2ccccc12)NC(=O)CN(C)C(=O)[C@@H](NC(=O)[C@H](Cc1cnc[nH]1)NC(=O)[C@@H]1CCCN1C(=O)[C@H](CC(N)=O)NC(=O)[C@H](C)N(C)C(=O)[C@H](Cc1ccccc1)NC(=O)CSC[C@H](NC(=O)[C@H](CCCNC(=N)N)NC(=O)[C@H](CCCC)N(C)CO)C(=O)NCC(N)=O)C(C)CC. The van der Waals surface area contributed by atoms with Crippen molar-refractivity contribution in [3.05, 3.63) is 126 Å². The van der Waals surface area contributed by atoms with Crippen LogP contribution in [-0.2, 0) is 102 Å². The van der Waals surface area contributed by atoms with Crippen molar-refractivity contribution in [1.82, 2.24) is 103 Å². The number of thioether (sulfide) groups is 1. The minimum atomic E-state index is -1.74. The fourth-order valence-electron chi connectivity index (χ4n) is 15.4. The molecule has 3 aromatic carbocycles. The van der Waals surface area contributed by atoms with E-state index in [1.165, 1.54) is 45.5 Å². The van der Waals surface area contributed by atoms with E-state index < -0.39 is 212 Å². The zero-order valence-corrected chi connectivity index (χ0v) is 77.9. The number of rotatable bonds is 56. The van der Waals surface area contributed by atoms with Crippen LogP contribution in [0, 0.1) is 11.3 Å². The van der Waals surface area contributed by atoms with Crippen LogP contribution in [0.25, 0.3) is 21.8 Å². The first-order valence-electron chi connectivity index (χ1n) is 44.8. The molecule has 0 bridgehead atoms. The first-order chi connectivity index (χ1) is 63.4. The molecule has 3 aromatic heterocycles. The van der Waals surface area contributed by atoms with E-state index in [1.54, 1.807) is 86.7 Å². The minimum absolute atomic E-state index is 0.0157. The smallest absolute Gasteiger partial charge is 0.246 e. The number of unbranched alkanes of at least 4 members (excludes halogenated alkanes) is 2. The molecule has 7 rings (SSSR count). The number of aliphatic hydroxyl groups is 2. The van der Waals surface area contributed by atoms with Crippen LogP contribution >= 0.6 is 11.8 Å². The molecule has 0 radical (unpaired) electrons. The van der Waals surface area contributed by atoms with Crippen LogP contribution in [0.5, 0.6) is 0 Å². The Morgan fingerprint density at radius 3 is 1.71 bits per heavy atom. The lowest BCUT2D eigenvalue weighted by Crippen LogP contribution is -2.60. The third-order valence-corrected chi connectivity index (χ3v) is 24.6. The quantitative estimate of drug-likeness (QED) is 0.00875. The highest BCUT2D eigenvalue weighted by Crippen LogP contribution is 2.25. The maximum atomic E-state index is 14.9. The zero-order valence-electron chi connectivity index (χ0n) is 77.1. The molecule has 0 aliphatic carbocycles. The summed E-state index contributed by atoms with van der Waals surface area (Å²) in [5.74, 6) is -15.1. The fraction of sp³-hybridized carbons (Fsp3) is 0.533. The number of fused-ring (bicyclic) bond motifs is 2. The Bertz CT molecular complexity index is 4960. The number of likely N-dealkylation sites (tertiary alicyclic amines) is 1. The number of hydrogen-bond donors (Lipinski definition) is 20. The summed E-state index contributed by atoms with van der Waals surface area (Å²) in [6, 6.07) is 6.29. The van der Waals surface area contributed by atoms with Gasteiger partial charge < -0.3 is 120 Å². The van der Waals surface area contributed by atoms with Crippen LogP contribution in [0.3, 0.4) is 0 Å². The van der Waals surface area contributed by atoms with E-state index in [4.69, 9.17) is 22.6 Å². The monoisotopic (exact) mass is 1870 g/mol. The second kappa shape index (κ2) is 53.5. The van der Waals surface area contributed by atoms with Crippen molar-refractivity contribution in [1.29, 1.82) is 5.41 Å². The topological polar surface area (TPSA) is 624 Å². The van der Waals surface area contributed by atoms with Crippen LogP contribution in [0.4, 0.5) is 0 Å². The average Bonchev–Trinajstić information content (AvgIpc) is 1.80. The number of nitrogens with one attached hydrogen (secondary N) is 15. The average molecular weight is 1870 g/mol. The van der Waals surface area contributed by atoms with Crippen molar-refractivity contribution in [2.45, 2.75) is 223 Å². The number of amides is 16. The summed E-state index contributed by atoms with van der Waals surface area (Å²) in [5.41, 5.74) is 20.3. The number of aliphatic hydroxyl groups excluding tert-OH is 2. The molecule has 1 aliphatic rings. The van der Waals surface area contributed by atoms with Crippen LogP contribution < -0.4 is 75.7 Å². The van der Waals surface area contributed by atoms with Gasteiger partial charge in [0.1, 0.15) is 66.5 Å². The standard InChI is InChI=1S/C90H132N24O18S/c1-11-14-25-53(5)112(9)86(129)67(39-57-43-98-62-31-22-20-29-60(57)62)106-83(126)69(47-115)107-81(124)64(38-56-42-97-61-30-21-19-28-59(56)61)101-75(119)46-110(7)89(132)77(52(4)13-3)109-82(125)65(40-58-44-95-50-100-58)104-85(128)72-34-24-36-114(72)88(131)68(41-73(91)117)105-78(121)54(6)113(10)87(130)66(37-55-26-17-16-18-27-55)102-76(120)49-133-48-70(79(122)99-45-74(92)118)108-80(123)63(32-23-35-96-90(93)94)103-84(127)71(33-15-12-2)111(8)51-116/h16-22,26-31,42-44,50,52-54,63-72,77,97-98,115-116H,11-15,23-25,32-41,45-49,51H2,1-10H3,(H2,91,117)(H2,92,118)(H,95,100)(H,99,122)(H,101,119)(H,102,120)(H,103,127)(H,104,128)(H,105,121)(H,106,126)(H,107,124)(H,108,123)(H,109,125)(H4,93,94,96)/t52?,53-,54+,63+,64+,65+,66+,67+,68+,69+,70+,71+,72+,77+/m1/s1. The maximum Gasteiger partial charge on any atom is 0.246 e. The van der Waals surface area contributed by atoms with Crippen molar-refractivity contribution in [2.24, 2.45) is 23.1 Å². The molecule has 1 unspecified atom stereocenters. The molecule has 1 saturated heterocycles. The summed E-state index contributed by atoms with van der Waals surface area (Å²) in [6.45, 7) is 7.92. The minimum Gasteiger partial charge on any atom is -0.394 e. The molecule has 726 valence electrons. The number of hydrogen-bond acceptors (Lipinski definition) is 22. The molecule has 6 aromatic rings. The van der Waals surface area contributed by atoms with Gasteiger partial charge >= 0.3 is 0 Å². The van der Waals surface area contributed by atoms with E-state index in [2.05, 4.69) is 78.4 Å². The number of imidazole rings is 1. The van der Waals surface area contributed by atoms with Gasteiger partial charge in [-0.2, -0.15) is 0 Å². The Morgan fingerprint density at radius 1 is 0.556 bits per heavy atom. The summed E-state index contributed by atoms with van der Waals surface area (Å²) in [6.07, 6.45) is 9.64. The molecule has 1 fully saturated rings. The number of para-hydroxylation sites is 2. The summed E-state index contributed by atoms with van der Waals surface area (Å²) in [4.78, 5) is 247. The van der Waals surface area contributed by atoms with Crippen molar-refractivity contribution in [3.63, 3.8) is 0 Å². The number of aromatic amines is 3. The van der Waals surface area contributed by atoms with Gasteiger partial charge in [-0.15, -0.1) is 11.8 Å². The number of carbonyl (C=O) groups is 16. The van der Waals surface area contributed by atoms with Crippen molar-refractivity contribution >= 4 is 134 Å². The molecule has 133 heavy (non-hydrogen) atoms. The fourth-order valence-corrected chi connectivity index (χ4v) is 16.2. The van der Waals surface area contributed by atoms with Gasteiger partial charge in [-0.1, -0.05) is 127 Å². The second-order valence-electron chi connectivity index (χ2n) is 33.6. The molecular weight excluding hydrogens is 1740 g/mol. The molecular formula is C90H132N24O18S. The molecule has 23 N–H and O–H groups in total. The largest absolute Gasteiger partial charge is 0.394 e. The number of primary amides is 2. The highest BCUT2D eigenvalue weighted by Gasteiger charge is 2.43. The summed E-state index contributed by atoms with van der Waals surface area (Å²) < 4.78 is 0. The second-order valence-corrected chi connectivity index (χ2v) is 34.6. The first-order valence-corrected chi connectivity index (χ1v) is 45.9. The van der Waals surface area contributed by atoms with Gasteiger partial charge in [0.05, 0.1) is 51.0 Å². The number of likely N-dealkylation sites (N-methyl/N-ethyl adjacent to an activating group) is 4. The Labute approximate surface area is 776 Å². The summed E-state index contributed by atoms with van der Waals surface area (Å²) in [7, 11) is 5.75. The molecule has 1 aliphatic heterocycles. The lowest BCUT2D eigenvalue weighted by molar-refractivity contribution is -0.145. The van der Waals surface area contributed by atoms with Gasteiger partial charge in [0.15, 0.2) is 5.96 Å². The number of nitrogens with zero attached hydrogens (tertiary/aromatic N) is 6. The van der Waals surface area contributed by atoms with E-state index in [0.717, 1.165) is 62.2 Å². The van der Waals surface area contributed by atoms with E-state index in [1.807, 2.05) is 51.1 Å². The van der Waals surface area contributed by atoms with E-state index in [0.29, 0.717) is 53.4 Å². The van der Waals surface area contributed by atoms with E-state index >= 15 is 0 Å². The number of H-pyrrole nitrogens is 3. The highest BCUT2D eigenvalue weighted by molar-refractivity contribution is 8.00. The number of carbonyl (C=O) groups excluding carboxylic acids is 16. The summed E-state index contributed by atoms with van der Waals surface area (Å²) >= 11 is 0.838. The maximum absolute atomic E-state index is 14.9. The molecule has 0 spiro atoms. The Morgan fingerprint density at radius 2 is 1.11 bits per heavy atom. The van der Waals surface area contributed by atoms with Gasteiger partial charge in [0.25, 0.3) is 0 Å². The van der Waals surface area contributed by atoms with Crippen molar-refractivity contribution in [2.75, 3.05) is 79.2 Å². The molecule has 43 heteroatoms. The predicted octanol–water partition coefficient (Wildman–Crippen LogP) is -1.71. The van der Waals surface area contributed by atoms with Gasteiger partial charge in [-0.05, 0) is 94.2 Å². The normalized spacial score (nSPS) is 15.4. The molecule has 14 atom stereocenters. The van der Waals surface area contributed by atoms with Gasteiger partial charge in [0.2, 0.25) is 94.5 Å². The highest BCUT2D eigenvalue weighted by atomic mass is 32.2. The lowest BCUT2D eigenvalue weighted by atomic mass is 9.97. The molecule has 42 nitrogen and oxygen atoms in total. The van der Waals surface area contributed by atoms with Gasteiger partial charge in [0, 0.05) is 118 Å². The number of aromatic nitrogens is 4. The molecule has 4 heterocycles. The van der Waals surface area contributed by atoms with Crippen LogP contribution in [-0.4, -0.2) is 313 Å². The van der Waals surface area contributed by atoms with Crippen LogP contribution in [0.15, 0.2) is 104 Å². The number of guanidine groups is 1. The third kappa shape index (κ3) is 32.4. The zero-order chi connectivity index (χ0) is 97.7.